The van der Waals surface area contributed by atoms with E-state index in [0.717, 1.165) is 24.5 Å². The predicted molar refractivity (Wildman–Crippen MR) is 63.1 cm³/mol. The van der Waals surface area contributed by atoms with Gasteiger partial charge in [0.15, 0.2) is 0 Å². The minimum atomic E-state index is 0.689. The Kier molecular flexibility index (Phi) is 5.49. The van der Waals surface area contributed by atoms with Gasteiger partial charge in [-0.05, 0) is 36.9 Å². The third-order valence-electron chi connectivity index (χ3n) is 1.89. The monoisotopic (exact) mass is 211 g/mol. The van der Waals surface area contributed by atoms with Crippen LogP contribution in [0.4, 0.5) is 0 Å². The van der Waals surface area contributed by atoms with Gasteiger partial charge in [-0.25, -0.2) is 0 Å². The third-order valence-corrected chi connectivity index (χ3v) is 2.46. The van der Waals surface area contributed by atoms with Crippen molar-refractivity contribution in [2.45, 2.75) is 6.42 Å². The van der Waals surface area contributed by atoms with Gasteiger partial charge in [0.05, 0.1) is 6.61 Å². The second-order valence-electron chi connectivity index (χ2n) is 3.03. The molecule has 0 heterocycles. The lowest BCUT2D eigenvalue weighted by molar-refractivity contribution is 0.343. The van der Waals surface area contributed by atoms with Crippen LogP contribution in [-0.2, 0) is 6.42 Å². The van der Waals surface area contributed by atoms with Gasteiger partial charge >= 0.3 is 0 Å². The molecule has 2 nitrogen and oxygen atoms in total. The van der Waals surface area contributed by atoms with Crippen molar-refractivity contribution in [1.82, 2.24) is 0 Å². The van der Waals surface area contributed by atoms with Crippen LogP contribution in [0.2, 0.25) is 0 Å². The first kappa shape index (κ1) is 11.4. The molecule has 0 spiro atoms. The fourth-order valence-corrected chi connectivity index (χ4v) is 1.45. The summed E-state index contributed by atoms with van der Waals surface area (Å²) >= 11 is 1.79. The molecule has 0 aromatic heterocycles. The van der Waals surface area contributed by atoms with Crippen molar-refractivity contribution in [1.29, 1.82) is 0 Å². The first-order valence-corrected chi connectivity index (χ1v) is 6.17. The summed E-state index contributed by atoms with van der Waals surface area (Å²) in [6.45, 7) is 1.46. The molecule has 0 saturated carbocycles. The van der Waals surface area contributed by atoms with E-state index in [1.54, 1.807) is 11.8 Å². The van der Waals surface area contributed by atoms with Crippen LogP contribution in [0.5, 0.6) is 5.75 Å². The molecule has 78 valence electrons. The summed E-state index contributed by atoms with van der Waals surface area (Å²) < 4.78 is 5.57. The van der Waals surface area contributed by atoms with E-state index in [4.69, 9.17) is 10.5 Å². The zero-order valence-electron chi connectivity index (χ0n) is 8.53. The molecule has 14 heavy (non-hydrogen) atoms. The van der Waals surface area contributed by atoms with E-state index in [-0.39, 0.29) is 0 Å². The molecule has 0 aliphatic rings. The van der Waals surface area contributed by atoms with Gasteiger partial charge in [-0.1, -0.05) is 12.1 Å². The minimum absolute atomic E-state index is 0.689. The number of hydrogen-bond donors (Lipinski definition) is 1. The first-order chi connectivity index (χ1) is 6.86. The minimum Gasteiger partial charge on any atom is -0.493 e. The number of hydrogen-bond acceptors (Lipinski definition) is 3. The van der Waals surface area contributed by atoms with Crippen LogP contribution < -0.4 is 10.5 Å². The largest absolute Gasteiger partial charge is 0.493 e. The fraction of sp³-hybridized carbons (Fsp3) is 0.455. The normalized spacial score (nSPS) is 10.1. The number of nitrogens with two attached hydrogens (primary N) is 1. The second-order valence-corrected chi connectivity index (χ2v) is 4.01. The quantitative estimate of drug-likeness (QED) is 0.730. The van der Waals surface area contributed by atoms with Gasteiger partial charge in [0.2, 0.25) is 0 Å². The molecule has 0 bridgehead atoms. The Labute approximate surface area is 89.8 Å². The molecule has 2 N–H and O–H groups in total. The van der Waals surface area contributed by atoms with Crippen molar-refractivity contribution in [3.63, 3.8) is 0 Å². The molecule has 0 unspecified atom stereocenters. The zero-order valence-corrected chi connectivity index (χ0v) is 9.35. The first-order valence-electron chi connectivity index (χ1n) is 4.77. The maximum absolute atomic E-state index is 5.57. The molecule has 0 saturated heterocycles. The van der Waals surface area contributed by atoms with Gasteiger partial charge in [0, 0.05) is 5.75 Å². The van der Waals surface area contributed by atoms with E-state index in [1.165, 1.54) is 5.56 Å². The third kappa shape index (κ3) is 4.03. The van der Waals surface area contributed by atoms with Crippen molar-refractivity contribution in [2.75, 3.05) is 25.2 Å². The highest BCUT2D eigenvalue weighted by Gasteiger charge is 1.95. The smallest absolute Gasteiger partial charge is 0.119 e. The maximum Gasteiger partial charge on any atom is 0.119 e. The van der Waals surface area contributed by atoms with Gasteiger partial charge < -0.3 is 10.5 Å². The van der Waals surface area contributed by atoms with Crippen LogP contribution in [0, 0.1) is 0 Å². The summed E-state index contributed by atoms with van der Waals surface area (Å²) in [5.41, 5.74) is 6.73. The lowest BCUT2D eigenvalue weighted by atomic mass is 10.1. The fourth-order valence-electron chi connectivity index (χ4n) is 1.20. The van der Waals surface area contributed by atoms with Crippen LogP contribution in [-0.4, -0.2) is 25.2 Å². The zero-order chi connectivity index (χ0) is 10.2. The Morgan fingerprint density at radius 2 is 2.29 bits per heavy atom. The average Bonchev–Trinajstić information content (AvgIpc) is 2.19. The topological polar surface area (TPSA) is 35.2 Å². The molecule has 0 aliphatic heterocycles. The van der Waals surface area contributed by atoms with Gasteiger partial charge in [0.25, 0.3) is 0 Å². The van der Waals surface area contributed by atoms with Crippen molar-refractivity contribution in [3.05, 3.63) is 29.8 Å². The van der Waals surface area contributed by atoms with Crippen LogP contribution in [0.25, 0.3) is 0 Å². The van der Waals surface area contributed by atoms with Crippen molar-refractivity contribution in [3.8, 4) is 5.75 Å². The molecular weight excluding hydrogens is 194 g/mol. The molecule has 0 amide bonds. The van der Waals surface area contributed by atoms with E-state index in [2.05, 4.69) is 18.4 Å². The summed E-state index contributed by atoms with van der Waals surface area (Å²) in [5, 5.41) is 0. The lowest BCUT2D eigenvalue weighted by Crippen LogP contribution is -2.03. The van der Waals surface area contributed by atoms with Gasteiger partial charge in [0.1, 0.15) is 5.75 Å². The summed E-state index contributed by atoms with van der Waals surface area (Å²) in [6, 6.07) is 8.14. The number of rotatable bonds is 6. The van der Waals surface area contributed by atoms with Crippen LogP contribution in [0.15, 0.2) is 24.3 Å². The van der Waals surface area contributed by atoms with E-state index < -0.39 is 0 Å². The molecule has 3 heteroatoms. The number of thioether (sulfide) groups is 1. The standard InChI is InChI=1S/C11H17NOS/c1-14-8-7-13-11-4-2-3-10(9-11)5-6-12/h2-4,9H,5-8,12H2,1H3. The molecule has 1 aromatic rings. The van der Waals surface area contributed by atoms with Crippen molar-refractivity contribution < 1.29 is 4.74 Å². The molecule has 0 atom stereocenters. The van der Waals surface area contributed by atoms with Gasteiger partial charge in [-0.2, -0.15) is 11.8 Å². The van der Waals surface area contributed by atoms with Crippen LogP contribution in [0.1, 0.15) is 5.56 Å². The lowest BCUT2D eigenvalue weighted by Gasteiger charge is -2.06. The second kappa shape index (κ2) is 6.74. The molecule has 0 radical (unpaired) electrons. The Bertz CT molecular complexity index is 265. The average molecular weight is 211 g/mol. The Morgan fingerprint density at radius 3 is 3.00 bits per heavy atom. The molecule has 1 aromatic carbocycles. The van der Waals surface area contributed by atoms with Crippen molar-refractivity contribution >= 4 is 11.8 Å². The summed E-state index contributed by atoms with van der Waals surface area (Å²) in [6.07, 6.45) is 2.99. The SMILES string of the molecule is CSCCOc1cccc(CCN)c1. The maximum atomic E-state index is 5.57. The van der Waals surface area contributed by atoms with Gasteiger partial charge in [-0.15, -0.1) is 0 Å². The Balaban J connectivity index is 2.46. The highest BCUT2D eigenvalue weighted by molar-refractivity contribution is 7.98. The van der Waals surface area contributed by atoms with Crippen molar-refractivity contribution in [2.24, 2.45) is 5.73 Å². The molecular formula is C11H17NOS. The highest BCUT2D eigenvalue weighted by Crippen LogP contribution is 2.13. The molecule has 0 fully saturated rings. The highest BCUT2D eigenvalue weighted by atomic mass is 32.2. The Hall–Kier alpha value is -0.670. The summed E-state index contributed by atoms with van der Waals surface area (Å²) in [5.74, 6) is 1.98. The Morgan fingerprint density at radius 1 is 1.43 bits per heavy atom. The summed E-state index contributed by atoms with van der Waals surface area (Å²) in [4.78, 5) is 0. The van der Waals surface area contributed by atoms with Crippen LogP contribution in [0.3, 0.4) is 0 Å². The predicted octanol–water partition coefficient (Wildman–Crippen LogP) is 1.93. The van der Waals surface area contributed by atoms with Crippen LogP contribution >= 0.6 is 11.8 Å². The summed E-state index contributed by atoms with van der Waals surface area (Å²) in [7, 11) is 0. The number of ether oxygens (including phenoxy) is 1. The molecule has 0 aliphatic carbocycles. The number of benzene rings is 1. The van der Waals surface area contributed by atoms with E-state index in [1.807, 2.05) is 12.1 Å². The molecule has 1 rings (SSSR count). The van der Waals surface area contributed by atoms with Gasteiger partial charge in [-0.3, -0.25) is 0 Å². The van der Waals surface area contributed by atoms with E-state index in [0.29, 0.717) is 6.54 Å². The van der Waals surface area contributed by atoms with E-state index in [9.17, 15) is 0 Å². The van der Waals surface area contributed by atoms with E-state index >= 15 is 0 Å².